The standard InChI is InChI=1S/C13H16N2O4/c1-3-14-13(18)15-11(16)8-19-12(17)10-6-4-5-9(2)7-10/h4-7H,3,8H2,1-2H3,(H2,14,15,16,18). The molecular formula is C13H16N2O4. The van der Waals surface area contributed by atoms with Crippen LogP contribution in [-0.4, -0.2) is 31.1 Å². The Morgan fingerprint density at radius 2 is 2.00 bits per heavy atom. The Labute approximate surface area is 111 Å². The SMILES string of the molecule is CCNC(=O)NC(=O)COC(=O)c1cccc(C)c1. The number of rotatable bonds is 4. The highest BCUT2D eigenvalue weighted by Gasteiger charge is 2.11. The van der Waals surface area contributed by atoms with E-state index in [0.717, 1.165) is 5.56 Å². The van der Waals surface area contributed by atoms with Crippen molar-refractivity contribution in [1.29, 1.82) is 0 Å². The van der Waals surface area contributed by atoms with Gasteiger partial charge >= 0.3 is 12.0 Å². The second-order valence-corrected chi connectivity index (χ2v) is 3.85. The van der Waals surface area contributed by atoms with Crippen LogP contribution in [0, 0.1) is 6.92 Å². The smallest absolute Gasteiger partial charge is 0.338 e. The molecule has 0 aliphatic rings. The fourth-order valence-electron chi connectivity index (χ4n) is 1.35. The molecule has 0 unspecified atom stereocenters. The predicted molar refractivity (Wildman–Crippen MR) is 68.7 cm³/mol. The Hall–Kier alpha value is -2.37. The van der Waals surface area contributed by atoms with Gasteiger partial charge in [0, 0.05) is 6.54 Å². The Bertz CT molecular complexity index is 485. The molecule has 3 amide bonds. The lowest BCUT2D eigenvalue weighted by atomic mass is 10.1. The van der Waals surface area contributed by atoms with Gasteiger partial charge in [0.2, 0.25) is 0 Å². The minimum absolute atomic E-state index is 0.366. The second kappa shape index (κ2) is 7.15. The van der Waals surface area contributed by atoms with Gasteiger partial charge in [-0.2, -0.15) is 0 Å². The molecule has 0 saturated heterocycles. The quantitative estimate of drug-likeness (QED) is 0.794. The third-order valence-electron chi connectivity index (χ3n) is 2.18. The molecule has 1 aromatic rings. The second-order valence-electron chi connectivity index (χ2n) is 3.85. The lowest BCUT2D eigenvalue weighted by Crippen LogP contribution is -2.41. The first-order valence-corrected chi connectivity index (χ1v) is 5.84. The summed E-state index contributed by atoms with van der Waals surface area (Å²) in [5.41, 5.74) is 1.28. The molecule has 1 aromatic carbocycles. The van der Waals surface area contributed by atoms with Gasteiger partial charge in [-0.3, -0.25) is 10.1 Å². The largest absolute Gasteiger partial charge is 0.452 e. The normalized spacial score (nSPS) is 9.58. The van der Waals surface area contributed by atoms with Crippen molar-refractivity contribution in [2.75, 3.05) is 13.2 Å². The van der Waals surface area contributed by atoms with E-state index in [1.807, 2.05) is 18.3 Å². The monoisotopic (exact) mass is 264 g/mol. The van der Waals surface area contributed by atoms with Gasteiger partial charge < -0.3 is 10.1 Å². The Balaban J connectivity index is 2.42. The minimum atomic E-state index is -0.674. The van der Waals surface area contributed by atoms with E-state index in [2.05, 4.69) is 5.32 Å². The number of esters is 1. The lowest BCUT2D eigenvalue weighted by molar-refractivity contribution is -0.123. The van der Waals surface area contributed by atoms with Crippen molar-refractivity contribution in [3.05, 3.63) is 35.4 Å². The van der Waals surface area contributed by atoms with Crippen molar-refractivity contribution in [2.45, 2.75) is 13.8 Å². The molecule has 0 fully saturated rings. The maximum atomic E-state index is 11.6. The van der Waals surface area contributed by atoms with E-state index in [9.17, 15) is 14.4 Å². The fraction of sp³-hybridized carbons (Fsp3) is 0.308. The van der Waals surface area contributed by atoms with E-state index in [0.29, 0.717) is 12.1 Å². The number of amides is 3. The van der Waals surface area contributed by atoms with Crippen molar-refractivity contribution < 1.29 is 19.1 Å². The number of imide groups is 1. The van der Waals surface area contributed by atoms with Gasteiger partial charge in [0.1, 0.15) is 0 Å². The van der Waals surface area contributed by atoms with Crippen molar-refractivity contribution >= 4 is 17.9 Å². The van der Waals surface area contributed by atoms with E-state index < -0.39 is 24.5 Å². The van der Waals surface area contributed by atoms with Crippen LogP contribution in [0.5, 0.6) is 0 Å². The van der Waals surface area contributed by atoms with E-state index in [-0.39, 0.29) is 0 Å². The summed E-state index contributed by atoms with van der Waals surface area (Å²) in [6.45, 7) is 3.48. The zero-order valence-corrected chi connectivity index (χ0v) is 10.9. The molecule has 102 valence electrons. The van der Waals surface area contributed by atoms with Crippen molar-refractivity contribution in [3.8, 4) is 0 Å². The molecular weight excluding hydrogens is 248 g/mol. The Morgan fingerprint density at radius 1 is 1.26 bits per heavy atom. The predicted octanol–water partition coefficient (Wildman–Crippen LogP) is 0.998. The number of hydrogen-bond donors (Lipinski definition) is 2. The molecule has 0 aliphatic carbocycles. The molecule has 2 N–H and O–H groups in total. The van der Waals surface area contributed by atoms with Gasteiger partial charge in [0.05, 0.1) is 5.56 Å². The van der Waals surface area contributed by atoms with E-state index in [1.54, 1.807) is 25.1 Å². The number of benzene rings is 1. The van der Waals surface area contributed by atoms with Crippen LogP contribution in [0.1, 0.15) is 22.8 Å². The molecule has 1 rings (SSSR count). The average Bonchev–Trinajstić information content (AvgIpc) is 2.36. The first kappa shape index (κ1) is 14.7. The number of carbonyl (C=O) groups is 3. The van der Waals surface area contributed by atoms with Crippen LogP contribution in [0.25, 0.3) is 0 Å². The molecule has 0 saturated carbocycles. The van der Waals surface area contributed by atoms with Crippen LogP contribution in [0.4, 0.5) is 4.79 Å². The fourth-order valence-corrected chi connectivity index (χ4v) is 1.35. The Kier molecular flexibility index (Phi) is 5.53. The van der Waals surface area contributed by atoms with Crippen molar-refractivity contribution in [1.82, 2.24) is 10.6 Å². The van der Waals surface area contributed by atoms with Crippen LogP contribution in [0.2, 0.25) is 0 Å². The average molecular weight is 264 g/mol. The highest BCUT2D eigenvalue weighted by Crippen LogP contribution is 2.05. The first-order valence-electron chi connectivity index (χ1n) is 5.84. The summed E-state index contributed by atoms with van der Waals surface area (Å²) < 4.78 is 4.79. The van der Waals surface area contributed by atoms with Crippen molar-refractivity contribution in [2.24, 2.45) is 0 Å². The van der Waals surface area contributed by atoms with Crippen LogP contribution < -0.4 is 10.6 Å². The maximum absolute atomic E-state index is 11.6. The summed E-state index contributed by atoms with van der Waals surface area (Å²) in [6.07, 6.45) is 0. The van der Waals surface area contributed by atoms with E-state index in [4.69, 9.17) is 4.74 Å². The van der Waals surface area contributed by atoms with Gasteiger partial charge in [0.15, 0.2) is 6.61 Å². The van der Waals surface area contributed by atoms with Crippen LogP contribution in [-0.2, 0) is 9.53 Å². The van der Waals surface area contributed by atoms with Crippen LogP contribution >= 0.6 is 0 Å². The summed E-state index contributed by atoms with van der Waals surface area (Å²) in [5, 5.41) is 4.42. The molecule has 19 heavy (non-hydrogen) atoms. The molecule has 6 nitrogen and oxygen atoms in total. The van der Waals surface area contributed by atoms with Crippen LogP contribution in [0.3, 0.4) is 0 Å². The third-order valence-corrected chi connectivity index (χ3v) is 2.18. The third kappa shape index (κ3) is 5.20. The molecule has 0 spiro atoms. The summed E-state index contributed by atoms with van der Waals surface area (Å²) in [5.74, 6) is -1.28. The highest BCUT2D eigenvalue weighted by atomic mass is 16.5. The minimum Gasteiger partial charge on any atom is -0.452 e. The molecule has 0 atom stereocenters. The van der Waals surface area contributed by atoms with Crippen LogP contribution in [0.15, 0.2) is 24.3 Å². The number of aryl methyl sites for hydroxylation is 1. The molecule has 0 aromatic heterocycles. The van der Waals surface area contributed by atoms with E-state index in [1.165, 1.54) is 0 Å². The summed E-state index contributed by atoms with van der Waals surface area (Å²) >= 11 is 0. The number of urea groups is 1. The highest BCUT2D eigenvalue weighted by molar-refractivity contribution is 5.97. The van der Waals surface area contributed by atoms with Gasteiger partial charge in [0.25, 0.3) is 5.91 Å². The number of carbonyl (C=O) groups excluding carboxylic acids is 3. The van der Waals surface area contributed by atoms with Gasteiger partial charge in [-0.15, -0.1) is 0 Å². The molecule has 0 aliphatic heterocycles. The summed E-state index contributed by atoms with van der Waals surface area (Å²) in [4.78, 5) is 33.9. The van der Waals surface area contributed by atoms with E-state index >= 15 is 0 Å². The number of hydrogen-bond acceptors (Lipinski definition) is 4. The van der Waals surface area contributed by atoms with Gasteiger partial charge in [-0.1, -0.05) is 17.7 Å². The summed E-state index contributed by atoms with van der Waals surface area (Å²) in [7, 11) is 0. The van der Waals surface area contributed by atoms with Gasteiger partial charge in [-0.05, 0) is 26.0 Å². The van der Waals surface area contributed by atoms with Crippen molar-refractivity contribution in [3.63, 3.8) is 0 Å². The molecule has 6 heteroatoms. The molecule has 0 radical (unpaired) electrons. The summed E-state index contributed by atoms with van der Waals surface area (Å²) in [6, 6.07) is 6.21. The molecule has 0 heterocycles. The topological polar surface area (TPSA) is 84.5 Å². The zero-order chi connectivity index (χ0) is 14.3. The van der Waals surface area contributed by atoms with Gasteiger partial charge in [-0.25, -0.2) is 9.59 Å². The first-order chi connectivity index (χ1) is 9.02. The lowest BCUT2D eigenvalue weighted by Gasteiger charge is -2.06. The zero-order valence-electron chi connectivity index (χ0n) is 10.9. The number of nitrogens with one attached hydrogen (secondary N) is 2. The number of ether oxygens (including phenoxy) is 1. The Morgan fingerprint density at radius 3 is 2.63 bits per heavy atom. The maximum Gasteiger partial charge on any atom is 0.338 e. The molecule has 0 bridgehead atoms.